The number of fused-ring (bicyclic) bond motifs is 1. The lowest BCUT2D eigenvalue weighted by Crippen LogP contribution is -2.46. The molecule has 1 aromatic heterocycles. The number of carbonyl (C=O) groups excluding carboxylic acids is 2. The third-order valence-electron chi connectivity index (χ3n) is 4.29. The van der Waals surface area contributed by atoms with Crippen LogP contribution in [-0.2, 0) is 4.74 Å². The zero-order valence-corrected chi connectivity index (χ0v) is 13.4. The largest absolute Gasteiger partial charge is 0.453 e. The van der Waals surface area contributed by atoms with Crippen molar-refractivity contribution in [2.45, 2.75) is 25.8 Å². The van der Waals surface area contributed by atoms with Gasteiger partial charge in [-0.3, -0.25) is 4.79 Å². The molecular formula is C17H21N3O3. The molecular weight excluding hydrogens is 294 g/mol. The van der Waals surface area contributed by atoms with Crippen LogP contribution in [-0.4, -0.2) is 48.1 Å². The Kier molecular flexibility index (Phi) is 4.23. The summed E-state index contributed by atoms with van der Waals surface area (Å²) < 4.78 is 4.71. The predicted molar refractivity (Wildman–Crippen MR) is 87.5 cm³/mol. The Labute approximate surface area is 134 Å². The van der Waals surface area contributed by atoms with Gasteiger partial charge in [0, 0.05) is 30.0 Å². The Morgan fingerprint density at radius 3 is 2.70 bits per heavy atom. The van der Waals surface area contributed by atoms with Crippen molar-refractivity contribution in [3.8, 4) is 0 Å². The first-order chi connectivity index (χ1) is 11.1. The molecule has 2 heterocycles. The molecule has 0 spiro atoms. The van der Waals surface area contributed by atoms with Gasteiger partial charge in [-0.15, -0.1) is 0 Å². The Balaban J connectivity index is 1.62. The number of nitrogens with zero attached hydrogens (tertiary/aromatic N) is 1. The van der Waals surface area contributed by atoms with Crippen LogP contribution in [0.3, 0.4) is 0 Å². The lowest BCUT2D eigenvalue weighted by molar-refractivity contribution is 0.0888. The number of piperidine rings is 1. The maximum Gasteiger partial charge on any atom is 0.409 e. The summed E-state index contributed by atoms with van der Waals surface area (Å²) in [6.45, 7) is 3.22. The standard InChI is InChI=1S/C17H21N3O3/c1-11-3-4-12-10-15(19-14(12)9-11)16(21)18-13-5-7-20(8-6-13)17(22)23-2/h3-4,9-10,13,19H,5-8H2,1-2H3,(H,18,21). The maximum absolute atomic E-state index is 12.4. The highest BCUT2D eigenvalue weighted by Crippen LogP contribution is 2.18. The second-order valence-corrected chi connectivity index (χ2v) is 5.98. The van der Waals surface area contributed by atoms with Gasteiger partial charge in [0.2, 0.25) is 0 Å². The topological polar surface area (TPSA) is 74.4 Å². The van der Waals surface area contributed by atoms with Gasteiger partial charge in [0.1, 0.15) is 5.69 Å². The van der Waals surface area contributed by atoms with Gasteiger partial charge in [-0.2, -0.15) is 0 Å². The molecule has 0 aliphatic carbocycles. The second-order valence-electron chi connectivity index (χ2n) is 5.98. The van der Waals surface area contributed by atoms with Gasteiger partial charge in [0.05, 0.1) is 7.11 Å². The second kappa shape index (κ2) is 6.32. The number of aromatic amines is 1. The Hall–Kier alpha value is -2.50. The third-order valence-corrected chi connectivity index (χ3v) is 4.29. The van der Waals surface area contributed by atoms with Crippen LogP contribution in [0.1, 0.15) is 28.9 Å². The number of H-pyrrole nitrogens is 1. The van der Waals surface area contributed by atoms with Crippen LogP contribution in [0.25, 0.3) is 10.9 Å². The summed E-state index contributed by atoms with van der Waals surface area (Å²) in [5, 5.41) is 4.07. The molecule has 122 valence electrons. The van der Waals surface area contributed by atoms with Crippen molar-refractivity contribution in [1.82, 2.24) is 15.2 Å². The molecule has 1 aliphatic heterocycles. The third kappa shape index (κ3) is 3.31. The van der Waals surface area contributed by atoms with Gasteiger partial charge >= 0.3 is 6.09 Å². The van der Waals surface area contributed by atoms with Crippen LogP contribution in [0.2, 0.25) is 0 Å². The van der Waals surface area contributed by atoms with Crippen LogP contribution >= 0.6 is 0 Å². The van der Waals surface area contributed by atoms with E-state index in [1.54, 1.807) is 4.90 Å². The number of rotatable bonds is 2. The molecule has 0 unspecified atom stereocenters. The molecule has 1 saturated heterocycles. The molecule has 0 saturated carbocycles. The predicted octanol–water partition coefficient (Wildman–Crippen LogP) is 2.44. The van der Waals surface area contributed by atoms with E-state index in [0.717, 1.165) is 29.3 Å². The smallest absolute Gasteiger partial charge is 0.409 e. The highest BCUT2D eigenvalue weighted by Gasteiger charge is 2.24. The molecule has 0 bridgehead atoms. The van der Waals surface area contributed by atoms with Crippen molar-refractivity contribution in [2.75, 3.05) is 20.2 Å². The van der Waals surface area contributed by atoms with E-state index in [0.29, 0.717) is 18.8 Å². The number of aryl methyl sites for hydroxylation is 1. The Morgan fingerprint density at radius 1 is 1.26 bits per heavy atom. The SMILES string of the molecule is COC(=O)N1CCC(NC(=O)c2cc3ccc(C)cc3[nH]2)CC1. The van der Waals surface area contributed by atoms with Gasteiger partial charge in [-0.05, 0) is 37.5 Å². The van der Waals surface area contributed by atoms with Crippen LogP contribution in [0.4, 0.5) is 4.79 Å². The number of nitrogens with one attached hydrogen (secondary N) is 2. The molecule has 2 amide bonds. The summed E-state index contributed by atoms with van der Waals surface area (Å²) in [4.78, 5) is 28.7. The van der Waals surface area contributed by atoms with Crippen molar-refractivity contribution in [2.24, 2.45) is 0 Å². The lowest BCUT2D eigenvalue weighted by Gasteiger charge is -2.31. The summed E-state index contributed by atoms with van der Waals surface area (Å²) in [5.41, 5.74) is 2.69. The van der Waals surface area contributed by atoms with Gasteiger partial charge in [0.25, 0.3) is 5.91 Å². The maximum atomic E-state index is 12.4. The molecule has 23 heavy (non-hydrogen) atoms. The minimum atomic E-state index is -0.305. The van der Waals surface area contributed by atoms with Gasteiger partial charge in [0.15, 0.2) is 0 Å². The number of benzene rings is 1. The van der Waals surface area contributed by atoms with Crippen molar-refractivity contribution in [3.05, 3.63) is 35.5 Å². The number of hydrogen-bond acceptors (Lipinski definition) is 3. The monoisotopic (exact) mass is 315 g/mol. The molecule has 1 fully saturated rings. The van der Waals surface area contributed by atoms with Crippen LogP contribution < -0.4 is 5.32 Å². The number of likely N-dealkylation sites (tertiary alicyclic amines) is 1. The zero-order valence-electron chi connectivity index (χ0n) is 13.4. The number of hydrogen-bond donors (Lipinski definition) is 2. The zero-order chi connectivity index (χ0) is 16.4. The van der Waals surface area contributed by atoms with Crippen molar-refractivity contribution in [3.63, 3.8) is 0 Å². The lowest BCUT2D eigenvalue weighted by atomic mass is 10.1. The van der Waals surface area contributed by atoms with Crippen LogP contribution in [0.15, 0.2) is 24.3 Å². The normalized spacial score (nSPS) is 15.7. The fourth-order valence-electron chi connectivity index (χ4n) is 2.96. The van der Waals surface area contributed by atoms with E-state index >= 15 is 0 Å². The molecule has 1 aromatic carbocycles. The summed E-state index contributed by atoms with van der Waals surface area (Å²) in [5.74, 6) is -0.102. The van der Waals surface area contributed by atoms with Gasteiger partial charge < -0.3 is 19.9 Å². The summed E-state index contributed by atoms with van der Waals surface area (Å²) in [6, 6.07) is 8.01. The van der Waals surface area contributed by atoms with E-state index < -0.39 is 0 Å². The quantitative estimate of drug-likeness (QED) is 0.894. The first-order valence-corrected chi connectivity index (χ1v) is 7.80. The Bertz CT molecular complexity index is 730. The first-order valence-electron chi connectivity index (χ1n) is 7.80. The summed E-state index contributed by atoms with van der Waals surface area (Å²) >= 11 is 0. The van der Waals surface area contributed by atoms with E-state index in [-0.39, 0.29) is 18.0 Å². The molecule has 0 atom stereocenters. The van der Waals surface area contributed by atoms with Crippen molar-refractivity contribution < 1.29 is 14.3 Å². The van der Waals surface area contributed by atoms with E-state index in [2.05, 4.69) is 10.3 Å². The number of carbonyl (C=O) groups is 2. The number of ether oxygens (including phenoxy) is 1. The average Bonchev–Trinajstić information content (AvgIpc) is 2.98. The van der Waals surface area contributed by atoms with E-state index in [4.69, 9.17) is 4.74 Å². The van der Waals surface area contributed by atoms with Crippen LogP contribution in [0.5, 0.6) is 0 Å². The summed E-state index contributed by atoms with van der Waals surface area (Å²) in [7, 11) is 1.38. The van der Waals surface area contributed by atoms with Gasteiger partial charge in [-0.1, -0.05) is 12.1 Å². The minimum Gasteiger partial charge on any atom is -0.453 e. The number of aromatic nitrogens is 1. The molecule has 6 nitrogen and oxygen atoms in total. The molecule has 6 heteroatoms. The number of amides is 2. The minimum absolute atomic E-state index is 0.0801. The molecule has 3 rings (SSSR count). The molecule has 0 radical (unpaired) electrons. The molecule has 2 aromatic rings. The fraction of sp³-hybridized carbons (Fsp3) is 0.412. The van der Waals surface area contributed by atoms with Crippen LogP contribution in [0, 0.1) is 6.92 Å². The Morgan fingerprint density at radius 2 is 2.00 bits per heavy atom. The average molecular weight is 315 g/mol. The van der Waals surface area contributed by atoms with E-state index in [1.807, 2.05) is 31.2 Å². The van der Waals surface area contributed by atoms with E-state index in [9.17, 15) is 9.59 Å². The van der Waals surface area contributed by atoms with E-state index in [1.165, 1.54) is 7.11 Å². The molecule has 2 N–H and O–H groups in total. The summed E-state index contributed by atoms with van der Waals surface area (Å²) in [6.07, 6.45) is 1.17. The van der Waals surface area contributed by atoms with Crippen molar-refractivity contribution in [1.29, 1.82) is 0 Å². The highest BCUT2D eigenvalue weighted by atomic mass is 16.5. The van der Waals surface area contributed by atoms with Gasteiger partial charge in [-0.25, -0.2) is 4.79 Å². The van der Waals surface area contributed by atoms with Crippen molar-refractivity contribution >= 4 is 22.9 Å². The fourth-order valence-corrected chi connectivity index (χ4v) is 2.96. The highest BCUT2D eigenvalue weighted by molar-refractivity contribution is 5.98. The number of methoxy groups -OCH3 is 1. The first kappa shape index (κ1) is 15.4. The molecule has 1 aliphatic rings.